The lowest BCUT2D eigenvalue weighted by Crippen LogP contribution is -2.12. The van der Waals surface area contributed by atoms with Crippen molar-refractivity contribution in [2.24, 2.45) is 11.5 Å². The fraction of sp³-hybridized carbons (Fsp3) is 0.222. The molecule has 1 aromatic carbocycles. The first-order chi connectivity index (χ1) is 5.72. The average Bonchev–Trinajstić information content (AvgIpc) is 2.03. The molecular formula is C9H13N3. The van der Waals surface area contributed by atoms with Crippen molar-refractivity contribution >= 4 is 5.84 Å². The highest BCUT2D eigenvalue weighted by Crippen LogP contribution is 2.04. The van der Waals surface area contributed by atoms with E-state index in [1.807, 2.05) is 24.3 Å². The molecule has 5 N–H and O–H groups in total. The van der Waals surface area contributed by atoms with Gasteiger partial charge in [-0.05, 0) is 11.1 Å². The number of hydrogen-bond acceptors (Lipinski definition) is 2. The monoisotopic (exact) mass is 163 g/mol. The lowest BCUT2D eigenvalue weighted by atomic mass is 10.1. The van der Waals surface area contributed by atoms with Gasteiger partial charge in [-0.2, -0.15) is 0 Å². The van der Waals surface area contributed by atoms with Crippen molar-refractivity contribution in [3.05, 3.63) is 35.4 Å². The smallest absolute Gasteiger partial charge is 0.0950 e. The Kier molecular flexibility index (Phi) is 2.82. The molecule has 1 rings (SSSR count). The molecule has 0 saturated carbocycles. The van der Waals surface area contributed by atoms with Gasteiger partial charge in [-0.25, -0.2) is 0 Å². The van der Waals surface area contributed by atoms with E-state index in [0.717, 1.165) is 11.1 Å². The molecule has 3 nitrogen and oxygen atoms in total. The van der Waals surface area contributed by atoms with Gasteiger partial charge in [-0.1, -0.05) is 24.3 Å². The molecule has 0 unspecified atom stereocenters. The maximum atomic E-state index is 7.11. The molecule has 0 aromatic heterocycles. The van der Waals surface area contributed by atoms with E-state index in [4.69, 9.17) is 16.9 Å². The summed E-state index contributed by atoms with van der Waals surface area (Å²) in [4.78, 5) is 0. The summed E-state index contributed by atoms with van der Waals surface area (Å²) in [5.41, 5.74) is 12.9. The molecule has 0 heterocycles. The van der Waals surface area contributed by atoms with Crippen molar-refractivity contribution in [1.29, 1.82) is 5.41 Å². The molecular weight excluding hydrogens is 150 g/mol. The van der Waals surface area contributed by atoms with Crippen LogP contribution in [0.15, 0.2) is 24.3 Å². The van der Waals surface area contributed by atoms with Crippen LogP contribution in [0.1, 0.15) is 11.1 Å². The van der Waals surface area contributed by atoms with E-state index in [9.17, 15) is 0 Å². The van der Waals surface area contributed by atoms with Crippen LogP contribution in [0.2, 0.25) is 0 Å². The molecule has 12 heavy (non-hydrogen) atoms. The first-order valence-electron chi connectivity index (χ1n) is 3.83. The van der Waals surface area contributed by atoms with E-state index in [2.05, 4.69) is 0 Å². The van der Waals surface area contributed by atoms with Gasteiger partial charge < -0.3 is 11.5 Å². The Morgan fingerprint density at radius 2 is 2.00 bits per heavy atom. The van der Waals surface area contributed by atoms with Gasteiger partial charge in [0.25, 0.3) is 0 Å². The minimum absolute atomic E-state index is 0.184. The van der Waals surface area contributed by atoms with Gasteiger partial charge in [0, 0.05) is 13.0 Å². The Bertz CT molecular complexity index is 281. The molecule has 0 fully saturated rings. The van der Waals surface area contributed by atoms with Crippen molar-refractivity contribution in [3.63, 3.8) is 0 Å². The molecule has 0 saturated heterocycles. The Balaban J connectivity index is 2.79. The van der Waals surface area contributed by atoms with Gasteiger partial charge in [-0.15, -0.1) is 0 Å². The van der Waals surface area contributed by atoms with Crippen LogP contribution in [-0.4, -0.2) is 5.84 Å². The molecule has 0 amide bonds. The first-order valence-corrected chi connectivity index (χ1v) is 3.83. The standard InChI is InChI=1S/C9H13N3/c10-6-8-3-1-2-7(4-8)5-9(11)12/h1-4H,5-6,10H2,(H3,11,12). The van der Waals surface area contributed by atoms with Crippen molar-refractivity contribution in [1.82, 2.24) is 0 Å². The quantitative estimate of drug-likeness (QED) is 0.451. The first kappa shape index (κ1) is 8.74. The molecule has 1 aromatic rings. The summed E-state index contributed by atoms with van der Waals surface area (Å²) >= 11 is 0. The zero-order valence-corrected chi connectivity index (χ0v) is 6.88. The molecule has 0 radical (unpaired) electrons. The highest BCUT2D eigenvalue weighted by molar-refractivity contribution is 5.79. The second-order valence-corrected chi connectivity index (χ2v) is 2.73. The number of rotatable bonds is 3. The molecule has 0 aliphatic rings. The van der Waals surface area contributed by atoms with E-state index in [0.29, 0.717) is 13.0 Å². The predicted octanol–water partition coefficient (Wildman–Crippen LogP) is 0.624. The summed E-state index contributed by atoms with van der Waals surface area (Å²) in [6.45, 7) is 0.533. The summed E-state index contributed by atoms with van der Waals surface area (Å²) in [6, 6.07) is 7.81. The molecule has 0 spiro atoms. The molecule has 3 heteroatoms. The van der Waals surface area contributed by atoms with Gasteiger partial charge in [-0.3, -0.25) is 5.41 Å². The normalized spacial score (nSPS) is 9.75. The number of nitrogens with two attached hydrogens (primary N) is 2. The number of hydrogen-bond donors (Lipinski definition) is 3. The van der Waals surface area contributed by atoms with Gasteiger partial charge in [0.2, 0.25) is 0 Å². The zero-order valence-electron chi connectivity index (χ0n) is 6.88. The fourth-order valence-corrected chi connectivity index (χ4v) is 1.09. The van der Waals surface area contributed by atoms with Crippen molar-refractivity contribution in [2.45, 2.75) is 13.0 Å². The minimum atomic E-state index is 0.184. The van der Waals surface area contributed by atoms with Gasteiger partial charge in [0.15, 0.2) is 0 Å². The van der Waals surface area contributed by atoms with E-state index < -0.39 is 0 Å². The summed E-state index contributed by atoms with van der Waals surface area (Å²) < 4.78 is 0. The van der Waals surface area contributed by atoms with Crippen molar-refractivity contribution in [3.8, 4) is 0 Å². The van der Waals surface area contributed by atoms with Crippen LogP contribution in [0.3, 0.4) is 0 Å². The molecule has 64 valence electrons. The third-order valence-electron chi connectivity index (χ3n) is 1.62. The van der Waals surface area contributed by atoms with Crippen molar-refractivity contribution < 1.29 is 0 Å². The highest BCUT2D eigenvalue weighted by Gasteiger charge is 1.95. The zero-order chi connectivity index (χ0) is 8.97. The third kappa shape index (κ3) is 2.36. The molecule has 0 atom stereocenters. The van der Waals surface area contributed by atoms with Crippen LogP contribution in [-0.2, 0) is 13.0 Å². The Hall–Kier alpha value is -1.35. The van der Waals surface area contributed by atoms with Gasteiger partial charge >= 0.3 is 0 Å². The topological polar surface area (TPSA) is 75.9 Å². The number of nitrogens with one attached hydrogen (secondary N) is 1. The lowest BCUT2D eigenvalue weighted by molar-refractivity contribution is 1.06. The van der Waals surface area contributed by atoms with Crippen molar-refractivity contribution in [2.75, 3.05) is 0 Å². The fourth-order valence-electron chi connectivity index (χ4n) is 1.09. The molecule has 0 bridgehead atoms. The van der Waals surface area contributed by atoms with Crippen LogP contribution >= 0.6 is 0 Å². The molecule has 0 aliphatic heterocycles. The summed E-state index contributed by atoms with van der Waals surface area (Å²) in [5, 5.41) is 7.11. The van der Waals surface area contributed by atoms with Gasteiger partial charge in [0.05, 0.1) is 5.84 Å². The second-order valence-electron chi connectivity index (χ2n) is 2.73. The predicted molar refractivity (Wildman–Crippen MR) is 50.0 cm³/mol. The Morgan fingerprint density at radius 1 is 1.33 bits per heavy atom. The minimum Gasteiger partial charge on any atom is -0.387 e. The Morgan fingerprint density at radius 3 is 2.58 bits per heavy atom. The van der Waals surface area contributed by atoms with Crippen LogP contribution in [0, 0.1) is 5.41 Å². The van der Waals surface area contributed by atoms with E-state index in [1.165, 1.54) is 0 Å². The lowest BCUT2D eigenvalue weighted by Gasteiger charge is -2.01. The van der Waals surface area contributed by atoms with Gasteiger partial charge in [0.1, 0.15) is 0 Å². The van der Waals surface area contributed by atoms with Crippen LogP contribution in [0.25, 0.3) is 0 Å². The van der Waals surface area contributed by atoms with E-state index in [1.54, 1.807) is 0 Å². The van der Waals surface area contributed by atoms with Crippen LogP contribution < -0.4 is 11.5 Å². The average molecular weight is 163 g/mol. The summed E-state index contributed by atoms with van der Waals surface area (Å²) in [6.07, 6.45) is 0.508. The number of amidine groups is 1. The summed E-state index contributed by atoms with van der Waals surface area (Å²) in [5.74, 6) is 0.184. The van der Waals surface area contributed by atoms with E-state index >= 15 is 0 Å². The highest BCUT2D eigenvalue weighted by atomic mass is 14.7. The number of benzene rings is 1. The van der Waals surface area contributed by atoms with E-state index in [-0.39, 0.29) is 5.84 Å². The van der Waals surface area contributed by atoms with Crippen LogP contribution in [0.4, 0.5) is 0 Å². The second kappa shape index (κ2) is 3.88. The van der Waals surface area contributed by atoms with Crippen LogP contribution in [0.5, 0.6) is 0 Å². The summed E-state index contributed by atoms with van der Waals surface area (Å²) in [7, 11) is 0. The maximum Gasteiger partial charge on any atom is 0.0950 e. The molecule has 0 aliphatic carbocycles. The largest absolute Gasteiger partial charge is 0.387 e. The Labute approximate surface area is 71.9 Å². The maximum absolute atomic E-state index is 7.11. The SMILES string of the molecule is N=C(N)Cc1cccc(CN)c1. The third-order valence-corrected chi connectivity index (χ3v) is 1.62.